The molecule has 5 nitrogen and oxygen atoms in total. The summed E-state index contributed by atoms with van der Waals surface area (Å²) in [6.45, 7) is 3.70. The van der Waals surface area contributed by atoms with E-state index in [1.54, 1.807) is 6.92 Å². The summed E-state index contributed by atoms with van der Waals surface area (Å²) < 4.78 is 26.4. The predicted molar refractivity (Wildman–Crippen MR) is 100 cm³/mol. The van der Waals surface area contributed by atoms with E-state index in [-0.39, 0.29) is 5.69 Å². The summed E-state index contributed by atoms with van der Waals surface area (Å²) in [7, 11) is 0. The maximum Gasteiger partial charge on any atom is 0.274 e. The van der Waals surface area contributed by atoms with Crippen LogP contribution in [-0.4, -0.2) is 15.9 Å². The molecule has 2 N–H and O–H groups in total. The molecule has 138 valence electrons. The lowest BCUT2D eigenvalue weighted by atomic mass is 10.1. The minimum atomic E-state index is -0.973. The molecular formula is C20H18F2N4O. The smallest absolute Gasteiger partial charge is 0.274 e. The first-order chi connectivity index (χ1) is 12.9. The fraction of sp³-hybridized carbons (Fsp3) is 0.150. The first kappa shape index (κ1) is 18.4. The lowest BCUT2D eigenvalue weighted by Gasteiger charge is -2.10. The number of aromatic nitrogens is 2. The maximum atomic E-state index is 13.4. The Morgan fingerprint density at radius 1 is 0.963 bits per heavy atom. The molecule has 0 saturated heterocycles. The Labute approximate surface area is 155 Å². The summed E-state index contributed by atoms with van der Waals surface area (Å²) in [4.78, 5) is 20.8. The molecular weight excluding hydrogens is 350 g/mol. The average Bonchev–Trinajstić information content (AvgIpc) is 2.65. The molecule has 0 fully saturated rings. The van der Waals surface area contributed by atoms with E-state index >= 15 is 0 Å². The van der Waals surface area contributed by atoms with Gasteiger partial charge in [0.05, 0.1) is 0 Å². The van der Waals surface area contributed by atoms with Crippen molar-refractivity contribution in [2.75, 3.05) is 10.6 Å². The van der Waals surface area contributed by atoms with Gasteiger partial charge in [0.1, 0.15) is 17.3 Å². The Bertz CT molecular complexity index is 974. The lowest BCUT2D eigenvalue weighted by molar-refractivity contribution is 0.102. The number of halogens is 2. The molecule has 0 bridgehead atoms. The second kappa shape index (κ2) is 7.90. The topological polar surface area (TPSA) is 66.9 Å². The number of aryl methyl sites for hydroxylation is 2. The molecule has 0 aliphatic heterocycles. The first-order valence-electron chi connectivity index (χ1n) is 8.42. The SMILES string of the molecule is CCc1ccc(NC(=O)c2cc(Nc3ccc(F)c(F)c3)nc(C)n2)cc1. The van der Waals surface area contributed by atoms with Gasteiger partial charge in [-0.25, -0.2) is 18.7 Å². The summed E-state index contributed by atoms with van der Waals surface area (Å²) in [5.41, 5.74) is 2.30. The van der Waals surface area contributed by atoms with Crippen molar-refractivity contribution in [1.82, 2.24) is 9.97 Å². The highest BCUT2D eigenvalue weighted by molar-refractivity contribution is 6.03. The second-order valence-electron chi connectivity index (χ2n) is 5.94. The molecule has 1 amide bonds. The number of benzene rings is 2. The van der Waals surface area contributed by atoms with Crippen LogP contribution in [0.4, 0.5) is 26.0 Å². The normalized spacial score (nSPS) is 10.5. The van der Waals surface area contributed by atoms with Crippen LogP contribution in [0.3, 0.4) is 0 Å². The molecule has 1 aromatic heterocycles. The Kier molecular flexibility index (Phi) is 5.40. The molecule has 7 heteroatoms. The fourth-order valence-corrected chi connectivity index (χ4v) is 2.49. The van der Waals surface area contributed by atoms with Crippen LogP contribution >= 0.6 is 0 Å². The van der Waals surface area contributed by atoms with Gasteiger partial charge in [-0.05, 0) is 43.2 Å². The molecule has 0 spiro atoms. The van der Waals surface area contributed by atoms with Crippen LogP contribution in [0.25, 0.3) is 0 Å². The number of nitrogens with one attached hydrogen (secondary N) is 2. The average molecular weight is 368 g/mol. The summed E-state index contributed by atoms with van der Waals surface area (Å²) in [6, 6.07) is 12.4. The van der Waals surface area contributed by atoms with Crippen LogP contribution in [0, 0.1) is 18.6 Å². The van der Waals surface area contributed by atoms with Crippen molar-refractivity contribution in [1.29, 1.82) is 0 Å². The zero-order chi connectivity index (χ0) is 19.4. The van der Waals surface area contributed by atoms with Crippen molar-refractivity contribution in [2.24, 2.45) is 0 Å². The van der Waals surface area contributed by atoms with Crippen LogP contribution in [0.5, 0.6) is 0 Å². The summed E-state index contributed by atoms with van der Waals surface area (Å²) in [6.07, 6.45) is 0.915. The van der Waals surface area contributed by atoms with E-state index in [1.807, 2.05) is 24.3 Å². The summed E-state index contributed by atoms with van der Waals surface area (Å²) in [5.74, 6) is -1.63. The van der Waals surface area contributed by atoms with Gasteiger partial charge in [-0.1, -0.05) is 19.1 Å². The third kappa shape index (κ3) is 4.63. The second-order valence-corrected chi connectivity index (χ2v) is 5.94. The van der Waals surface area contributed by atoms with Crippen LogP contribution < -0.4 is 10.6 Å². The van der Waals surface area contributed by atoms with Gasteiger partial charge < -0.3 is 10.6 Å². The molecule has 1 heterocycles. The van der Waals surface area contributed by atoms with Crippen molar-refractivity contribution in [2.45, 2.75) is 20.3 Å². The van der Waals surface area contributed by atoms with Crippen LogP contribution in [0.15, 0.2) is 48.5 Å². The standard InChI is InChI=1S/C20H18F2N4O/c1-3-13-4-6-14(7-5-13)26-20(27)18-11-19(24-12(2)23-18)25-15-8-9-16(21)17(22)10-15/h4-11H,3H2,1-2H3,(H,26,27)(H,23,24,25). The number of anilines is 3. The highest BCUT2D eigenvalue weighted by atomic mass is 19.2. The molecule has 0 saturated carbocycles. The molecule has 3 aromatic rings. The van der Waals surface area contributed by atoms with Crippen LogP contribution in [0.2, 0.25) is 0 Å². The van der Waals surface area contributed by atoms with Crippen molar-refractivity contribution in [3.05, 3.63) is 77.2 Å². The van der Waals surface area contributed by atoms with Gasteiger partial charge in [-0.2, -0.15) is 0 Å². The highest BCUT2D eigenvalue weighted by Crippen LogP contribution is 2.19. The largest absolute Gasteiger partial charge is 0.340 e. The zero-order valence-corrected chi connectivity index (χ0v) is 14.9. The van der Waals surface area contributed by atoms with Gasteiger partial charge in [-0.3, -0.25) is 4.79 Å². The predicted octanol–water partition coefficient (Wildman–Crippen LogP) is 4.62. The minimum absolute atomic E-state index is 0.159. The third-order valence-corrected chi connectivity index (χ3v) is 3.88. The highest BCUT2D eigenvalue weighted by Gasteiger charge is 2.12. The number of nitrogens with zero attached hydrogens (tertiary/aromatic N) is 2. The van der Waals surface area contributed by atoms with E-state index in [1.165, 1.54) is 17.7 Å². The molecule has 27 heavy (non-hydrogen) atoms. The number of rotatable bonds is 5. The van der Waals surface area contributed by atoms with Gasteiger partial charge in [0.15, 0.2) is 11.6 Å². The summed E-state index contributed by atoms with van der Waals surface area (Å²) >= 11 is 0. The van der Waals surface area contributed by atoms with Gasteiger partial charge in [0, 0.05) is 23.5 Å². The molecule has 0 aliphatic carbocycles. The summed E-state index contributed by atoms with van der Waals surface area (Å²) in [5, 5.41) is 5.63. The van der Waals surface area contributed by atoms with Crippen molar-refractivity contribution in [3.63, 3.8) is 0 Å². The Morgan fingerprint density at radius 2 is 1.67 bits per heavy atom. The van der Waals surface area contributed by atoms with E-state index in [2.05, 4.69) is 27.5 Å². The van der Waals surface area contributed by atoms with Crippen molar-refractivity contribution >= 4 is 23.1 Å². The quantitative estimate of drug-likeness (QED) is 0.689. The molecule has 0 radical (unpaired) electrons. The Hall–Kier alpha value is -3.35. The first-order valence-corrected chi connectivity index (χ1v) is 8.42. The van der Waals surface area contributed by atoms with Crippen LogP contribution in [-0.2, 0) is 6.42 Å². The third-order valence-electron chi connectivity index (χ3n) is 3.88. The number of carbonyl (C=O) groups excluding carboxylic acids is 1. The van der Waals surface area contributed by atoms with Crippen molar-refractivity contribution < 1.29 is 13.6 Å². The van der Waals surface area contributed by atoms with Crippen LogP contribution in [0.1, 0.15) is 28.8 Å². The lowest BCUT2D eigenvalue weighted by Crippen LogP contribution is -2.15. The number of carbonyl (C=O) groups is 1. The van der Waals surface area contributed by atoms with Gasteiger partial charge in [-0.15, -0.1) is 0 Å². The number of hydrogen-bond acceptors (Lipinski definition) is 4. The number of hydrogen-bond donors (Lipinski definition) is 2. The fourth-order valence-electron chi connectivity index (χ4n) is 2.49. The molecule has 2 aromatic carbocycles. The molecule has 0 unspecified atom stereocenters. The van der Waals surface area contributed by atoms with Gasteiger partial charge >= 0.3 is 0 Å². The van der Waals surface area contributed by atoms with E-state index in [9.17, 15) is 13.6 Å². The van der Waals surface area contributed by atoms with Crippen molar-refractivity contribution in [3.8, 4) is 0 Å². The van der Waals surface area contributed by atoms with Gasteiger partial charge in [0.25, 0.3) is 5.91 Å². The monoisotopic (exact) mass is 368 g/mol. The molecule has 0 aliphatic rings. The molecule has 0 atom stereocenters. The van der Waals surface area contributed by atoms with E-state index in [0.29, 0.717) is 23.0 Å². The zero-order valence-electron chi connectivity index (χ0n) is 14.9. The minimum Gasteiger partial charge on any atom is -0.340 e. The Morgan fingerprint density at radius 3 is 2.33 bits per heavy atom. The van der Waals surface area contributed by atoms with E-state index < -0.39 is 17.5 Å². The molecule has 3 rings (SSSR count). The maximum absolute atomic E-state index is 13.4. The van der Waals surface area contributed by atoms with E-state index in [0.717, 1.165) is 18.6 Å². The Balaban J connectivity index is 1.79. The van der Waals surface area contributed by atoms with Gasteiger partial charge in [0.2, 0.25) is 0 Å². The van der Waals surface area contributed by atoms with E-state index in [4.69, 9.17) is 0 Å². The number of amides is 1.